The lowest BCUT2D eigenvalue weighted by Crippen LogP contribution is -2.48. The largest absolute Gasteiger partial charge is 0.500 e. The summed E-state index contributed by atoms with van der Waals surface area (Å²) in [5.41, 5.74) is 6.46. The third kappa shape index (κ3) is 12.5. The van der Waals surface area contributed by atoms with Gasteiger partial charge >= 0.3 is 17.6 Å². The number of hydrogen-bond donors (Lipinski definition) is 1. The number of hydrogen-bond acceptors (Lipinski definition) is 7. The van der Waals surface area contributed by atoms with Gasteiger partial charge in [0.25, 0.3) is 0 Å². The van der Waals surface area contributed by atoms with Crippen molar-refractivity contribution in [2.24, 2.45) is 5.73 Å². The Morgan fingerprint density at radius 3 is 1.10 bits per heavy atom. The quantitative estimate of drug-likeness (QED) is 0.165. The van der Waals surface area contributed by atoms with E-state index in [2.05, 4.69) is 0 Å². The Morgan fingerprint density at radius 2 is 0.871 bits per heavy atom. The lowest BCUT2D eigenvalue weighted by molar-refractivity contribution is 0.0699. The van der Waals surface area contributed by atoms with Crippen molar-refractivity contribution in [3.63, 3.8) is 0 Å². The molecule has 188 valence electrons. The lowest BCUT2D eigenvalue weighted by Gasteiger charge is -2.33. The van der Waals surface area contributed by atoms with Crippen molar-refractivity contribution < 1.29 is 26.6 Å². The molecule has 0 bridgehead atoms. The average molecular weight is 502 g/mol. The number of rotatable bonds is 22. The van der Waals surface area contributed by atoms with Crippen molar-refractivity contribution in [1.29, 1.82) is 0 Å². The van der Waals surface area contributed by atoms with Crippen LogP contribution in [0.2, 0.25) is 12.1 Å². The molecule has 0 heterocycles. The molecule has 0 aliphatic carbocycles. The van der Waals surface area contributed by atoms with Crippen molar-refractivity contribution in [2.75, 3.05) is 45.5 Å². The maximum Gasteiger partial charge on any atom is 0.500 e. The van der Waals surface area contributed by atoms with E-state index >= 15 is 0 Å². The Bertz CT molecular complexity index is 371. The fourth-order valence-corrected chi connectivity index (χ4v) is 9.48. The standard InChI is InChI=1S/C21H48ClNO6Si2/c1-7-24-30(25-8-2,26-9-3)19-13-15-21(23,17-18-22)16-14-20-31(27-10-4,28-11-5)29-12-6/h7-20,23H2,1-6H3. The third-order valence-corrected chi connectivity index (χ3v) is 11.6. The van der Waals surface area contributed by atoms with Crippen LogP contribution in [0.15, 0.2) is 0 Å². The van der Waals surface area contributed by atoms with E-state index in [4.69, 9.17) is 43.9 Å². The van der Waals surface area contributed by atoms with Crippen molar-refractivity contribution in [2.45, 2.75) is 91.3 Å². The predicted molar refractivity (Wildman–Crippen MR) is 132 cm³/mol. The van der Waals surface area contributed by atoms with Crippen LogP contribution in [0, 0.1) is 0 Å². The first-order valence-electron chi connectivity index (χ1n) is 12.0. The molecule has 2 N–H and O–H groups in total. The highest BCUT2D eigenvalue weighted by Crippen LogP contribution is 2.29. The van der Waals surface area contributed by atoms with E-state index in [0.717, 1.165) is 44.2 Å². The molecular formula is C21H48ClNO6Si2. The third-order valence-electron chi connectivity index (χ3n) is 5.09. The molecule has 0 aliphatic rings. The van der Waals surface area contributed by atoms with Crippen LogP contribution in [-0.2, 0) is 26.6 Å². The van der Waals surface area contributed by atoms with Gasteiger partial charge in [0.2, 0.25) is 0 Å². The van der Waals surface area contributed by atoms with Gasteiger partial charge in [-0.25, -0.2) is 0 Å². The molecule has 0 aromatic rings. The van der Waals surface area contributed by atoms with Crippen LogP contribution in [0.3, 0.4) is 0 Å². The van der Waals surface area contributed by atoms with Gasteiger partial charge < -0.3 is 32.3 Å². The maximum atomic E-state index is 6.81. The molecule has 0 atom stereocenters. The molecule has 0 rings (SSSR count). The fourth-order valence-electron chi connectivity index (χ4n) is 3.88. The zero-order valence-corrected chi connectivity index (χ0v) is 23.6. The minimum Gasteiger partial charge on any atom is -0.374 e. The summed E-state index contributed by atoms with van der Waals surface area (Å²) in [6.45, 7) is 15.4. The first-order chi connectivity index (χ1) is 14.8. The molecule has 31 heavy (non-hydrogen) atoms. The van der Waals surface area contributed by atoms with Gasteiger partial charge in [-0.1, -0.05) is 0 Å². The summed E-state index contributed by atoms with van der Waals surface area (Å²) in [5, 5.41) is 0. The van der Waals surface area contributed by atoms with E-state index in [-0.39, 0.29) is 5.54 Å². The Morgan fingerprint density at radius 1 is 0.581 bits per heavy atom. The highest BCUT2D eigenvalue weighted by Gasteiger charge is 2.42. The second kappa shape index (κ2) is 17.9. The Kier molecular flexibility index (Phi) is 18.1. The summed E-state index contributed by atoms with van der Waals surface area (Å²) in [6.07, 6.45) is 4.20. The Labute approximate surface area is 198 Å². The van der Waals surface area contributed by atoms with Crippen LogP contribution in [0.25, 0.3) is 0 Å². The molecule has 7 nitrogen and oxygen atoms in total. The minimum absolute atomic E-state index is 0.350. The van der Waals surface area contributed by atoms with E-state index in [1.807, 2.05) is 41.5 Å². The molecular weight excluding hydrogens is 454 g/mol. The van der Waals surface area contributed by atoms with Gasteiger partial charge in [0.15, 0.2) is 0 Å². The molecule has 10 heteroatoms. The highest BCUT2D eigenvalue weighted by atomic mass is 35.5. The molecule has 0 fully saturated rings. The van der Waals surface area contributed by atoms with Crippen LogP contribution >= 0.6 is 11.6 Å². The molecule has 0 unspecified atom stereocenters. The topological polar surface area (TPSA) is 81.4 Å². The monoisotopic (exact) mass is 501 g/mol. The highest BCUT2D eigenvalue weighted by molar-refractivity contribution is 6.61. The van der Waals surface area contributed by atoms with Gasteiger partial charge in [-0.3, -0.25) is 0 Å². The second-order valence-electron chi connectivity index (χ2n) is 7.47. The van der Waals surface area contributed by atoms with E-state index in [0.29, 0.717) is 45.5 Å². The van der Waals surface area contributed by atoms with Gasteiger partial charge in [-0.2, -0.15) is 0 Å². The molecule has 0 aliphatic heterocycles. The van der Waals surface area contributed by atoms with Crippen LogP contribution in [0.4, 0.5) is 0 Å². The Hall–Kier alpha value is 0.444. The molecule has 0 spiro atoms. The van der Waals surface area contributed by atoms with Crippen LogP contribution in [0.1, 0.15) is 73.6 Å². The first-order valence-corrected chi connectivity index (χ1v) is 16.4. The normalized spacial score (nSPS) is 13.2. The van der Waals surface area contributed by atoms with Gasteiger partial charge in [-0.15, -0.1) is 11.6 Å². The molecule has 0 saturated heterocycles. The van der Waals surface area contributed by atoms with E-state index < -0.39 is 17.6 Å². The molecule has 0 radical (unpaired) electrons. The number of nitrogens with two attached hydrogens (primary N) is 1. The minimum atomic E-state index is -2.65. The van der Waals surface area contributed by atoms with Gasteiger partial charge in [0, 0.05) is 63.1 Å². The zero-order chi connectivity index (χ0) is 23.6. The van der Waals surface area contributed by atoms with Gasteiger partial charge in [0.05, 0.1) is 0 Å². The van der Waals surface area contributed by atoms with E-state index in [1.54, 1.807) is 0 Å². The average Bonchev–Trinajstić information content (AvgIpc) is 2.69. The van der Waals surface area contributed by atoms with Gasteiger partial charge in [0.1, 0.15) is 0 Å². The van der Waals surface area contributed by atoms with Gasteiger partial charge in [-0.05, 0) is 73.6 Å². The van der Waals surface area contributed by atoms with Crippen LogP contribution in [-0.4, -0.2) is 68.7 Å². The summed E-state index contributed by atoms with van der Waals surface area (Å²) >= 11 is 6.11. The number of alkyl halides is 1. The summed E-state index contributed by atoms with van der Waals surface area (Å²) in [6, 6.07) is 1.53. The second-order valence-corrected chi connectivity index (χ2v) is 13.3. The summed E-state index contributed by atoms with van der Waals surface area (Å²) in [5.74, 6) is 0.534. The van der Waals surface area contributed by atoms with Crippen molar-refractivity contribution in [3.8, 4) is 0 Å². The van der Waals surface area contributed by atoms with Crippen LogP contribution in [0.5, 0.6) is 0 Å². The van der Waals surface area contributed by atoms with Crippen molar-refractivity contribution in [3.05, 3.63) is 0 Å². The number of halogens is 1. The fraction of sp³-hybridized carbons (Fsp3) is 1.00. The molecule has 0 aromatic carbocycles. The maximum absolute atomic E-state index is 6.81. The zero-order valence-electron chi connectivity index (χ0n) is 20.8. The molecule has 0 saturated carbocycles. The summed E-state index contributed by atoms with van der Waals surface area (Å²) in [4.78, 5) is 0. The SMILES string of the molecule is CCO[Si](CCCC(N)(CCCl)CCC[Si](OCC)(OCC)OCC)(OCC)OCC. The van der Waals surface area contributed by atoms with Crippen LogP contribution < -0.4 is 5.73 Å². The van der Waals surface area contributed by atoms with E-state index in [9.17, 15) is 0 Å². The predicted octanol–water partition coefficient (Wildman–Crippen LogP) is 4.97. The first kappa shape index (κ1) is 31.4. The summed E-state index contributed by atoms with van der Waals surface area (Å²) < 4.78 is 35.9. The molecule has 0 amide bonds. The smallest absolute Gasteiger partial charge is 0.374 e. The van der Waals surface area contributed by atoms with E-state index in [1.165, 1.54) is 0 Å². The summed E-state index contributed by atoms with van der Waals surface area (Å²) in [7, 11) is -5.31. The lowest BCUT2D eigenvalue weighted by atomic mass is 9.87. The van der Waals surface area contributed by atoms with Crippen molar-refractivity contribution in [1.82, 2.24) is 0 Å². The van der Waals surface area contributed by atoms with Crippen molar-refractivity contribution >= 4 is 29.2 Å². The molecule has 0 aromatic heterocycles. The Balaban J connectivity index is 5.01.